The highest BCUT2D eigenvalue weighted by Crippen LogP contribution is 2.51. The fourth-order valence-corrected chi connectivity index (χ4v) is 8.98. The number of ether oxygens (including phenoxy) is 1. The fourth-order valence-electron chi connectivity index (χ4n) is 8.98. The van der Waals surface area contributed by atoms with Crippen molar-refractivity contribution in [2.75, 3.05) is 0 Å². The van der Waals surface area contributed by atoms with Crippen molar-refractivity contribution < 1.29 is 50.2 Å². The third kappa shape index (κ3) is 6.88. The average Bonchev–Trinajstić information content (AvgIpc) is 3.55. The van der Waals surface area contributed by atoms with Crippen LogP contribution in [0.5, 0.6) is 5.75 Å². The molecule has 8 nitrogen and oxygen atoms in total. The molecule has 2 N–H and O–H groups in total. The number of nitrogens with one attached hydrogen (secondary N) is 1. The second-order valence-electron chi connectivity index (χ2n) is 15.2. The lowest BCUT2D eigenvalue weighted by Crippen LogP contribution is -2.57. The van der Waals surface area contributed by atoms with E-state index in [1.807, 2.05) is 6.92 Å². The number of carbonyl (C=O) groups is 2. The molecule has 1 aromatic carbocycles. The summed E-state index contributed by atoms with van der Waals surface area (Å²) in [4.78, 5) is 34.1. The highest BCUT2D eigenvalue weighted by molar-refractivity contribution is 6.00. The van der Waals surface area contributed by atoms with Crippen LogP contribution in [0, 0.1) is 17.8 Å². The van der Waals surface area contributed by atoms with Crippen LogP contribution in [-0.2, 0) is 11.0 Å². The number of carboxylic acid groups (broad SMARTS) is 1. The van der Waals surface area contributed by atoms with E-state index >= 15 is 0 Å². The minimum absolute atomic E-state index is 0.0295. The first-order valence-electron chi connectivity index (χ1n) is 17.5. The van der Waals surface area contributed by atoms with Gasteiger partial charge in [-0.1, -0.05) is 6.92 Å². The van der Waals surface area contributed by atoms with Crippen molar-refractivity contribution in [1.29, 1.82) is 0 Å². The minimum atomic E-state index is -5.12. The molecule has 2 heterocycles. The number of hydrogen-bond acceptors (Lipinski definition) is 5. The first-order chi connectivity index (χ1) is 23.9. The molecule has 0 aliphatic heterocycles. The molecule has 0 radical (unpaired) electrons. The highest BCUT2D eigenvalue weighted by atomic mass is 19.4. The molecule has 51 heavy (non-hydrogen) atoms. The molecule has 0 spiro atoms. The average molecular weight is 725 g/mol. The summed E-state index contributed by atoms with van der Waals surface area (Å²) >= 11 is 0. The van der Waals surface area contributed by atoms with Gasteiger partial charge in [0.25, 0.3) is 5.91 Å². The van der Waals surface area contributed by atoms with Crippen LogP contribution in [0.25, 0.3) is 22.3 Å². The number of hydrogen-bond donors (Lipinski definition) is 2. The predicted octanol–water partition coefficient (Wildman–Crippen LogP) is 8.83. The van der Waals surface area contributed by atoms with Crippen LogP contribution in [0.2, 0.25) is 0 Å². The Morgan fingerprint density at radius 1 is 0.980 bits per heavy atom. The summed E-state index contributed by atoms with van der Waals surface area (Å²) in [5.41, 5.74) is -3.54. The summed E-state index contributed by atoms with van der Waals surface area (Å²) in [5, 5.41) is 13.1. The number of aliphatic carboxylic acids is 1. The lowest BCUT2D eigenvalue weighted by Gasteiger charge is -2.33. The Kier molecular flexibility index (Phi) is 8.80. The van der Waals surface area contributed by atoms with Gasteiger partial charge in [0.1, 0.15) is 11.3 Å². The molecule has 4 fully saturated rings. The predicted molar refractivity (Wildman–Crippen MR) is 171 cm³/mol. The van der Waals surface area contributed by atoms with Crippen molar-refractivity contribution >= 4 is 22.8 Å². The largest absolute Gasteiger partial charge is 0.490 e. The lowest BCUT2D eigenvalue weighted by atomic mass is 9.78. The van der Waals surface area contributed by atoms with Crippen LogP contribution in [0.3, 0.4) is 0 Å². The van der Waals surface area contributed by atoms with Crippen molar-refractivity contribution in [1.82, 2.24) is 19.9 Å². The zero-order valence-corrected chi connectivity index (χ0v) is 27.9. The molecule has 2 aromatic heterocycles. The van der Waals surface area contributed by atoms with Gasteiger partial charge in [-0.05, 0) is 81.3 Å². The number of aromatic nitrogens is 3. The molecular formula is C36H39F7N4O4. The standard InChI is InChI=1S/C36H39F7N4O4/c1-19-12-20-14-21(13-19)35(16-20,32(49)50)46-31(48)26-17-44-30(45-29(26)36(41,42)43)27-18-47(22-4-8-33(37,38)9-5-22)28-15-24(2-3-25(27)28)51-23-6-10-34(39,40)11-7-23/h2-3,15,17-23H,4-14,16H2,1H3,(H,46,48)(H,49,50). The van der Waals surface area contributed by atoms with Gasteiger partial charge in [-0.2, -0.15) is 13.2 Å². The number of alkyl halides is 7. The molecule has 0 saturated heterocycles. The number of amides is 1. The van der Waals surface area contributed by atoms with Crippen LogP contribution < -0.4 is 10.1 Å². The third-order valence-electron chi connectivity index (χ3n) is 11.5. The van der Waals surface area contributed by atoms with Gasteiger partial charge in [-0.3, -0.25) is 4.79 Å². The molecular weight excluding hydrogens is 685 g/mol. The van der Waals surface area contributed by atoms with E-state index in [0.29, 0.717) is 29.5 Å². The van der Waals surface area contributed by atoms with Gasteiger partial charge in [0, 0.05) is 61.1 Å². The van der Waals surface area contributed by atoms with Crippen LogP contribution >= 0.6 is 0 Å². The van der Waals surface area contributed by atoms with Gasteiger partial charge < -0.3 is 19.7 Å². The van der Waals surface area contributed by atoms with Crippen LogP contribution in [0.15, 0.2) is 30.6 Å². The van der Waals surface area contributed by atoms with Crippen molar-refractivity contribution in [3.8, 4) is 17.1 Å². The Labute approximate surface area is 289 Å². The van der Waals surface area contributed by atoms with Crippen molar-refractivity contribution in [2.45, 2.75) is 120 Å². The van der Waals surface area contributed by atoms with Gasteiger partial charge in [0.2, 0.25) is 11.8 Å². The van der Waals surface area contributed by atoms with E-state index in [4.69, 9.17) is 4.74 Å². The topological polar surface area (TPSA) is 106 Å². The van der Waals surface area contributed by atoms with Gasteiger partial charge in [0.05, 0.1) is 17.2 Å². The Balaban J connectivity index is 1.24. The van der Waals surface area contributed by atoms with Gasteiger partial charge >= 0.3 is 12.1 Å². The van der Waals surface area contributed by atoms with Crippen LogP contribution in [-0.4, -0.2) is 55.0 Å². The van der Waals surface area contributed by atoms with E-state index in [-0.39, 0.29) is 81.0 Å². The molecule has 2 bridgehead atoms. The van der Waals surface area contributed by atoms with E-state index in [0.717, 1.165) is 12.6 Å². The maximum atomic E-state index is 14.6. The maximum Gasteiger partial charge on any atom is 0.434 e. The zero-order valence-electron chi connectivity index (χ0n) is 27.9. The molecule has 15 heteroatoms. The molecule has 3 aromatic rings. The molecule has 4 unspecified atom stereocenters. The molecule has 276 valence electrons. The summed E-state index contributed by atoms with van der Waals surface area (Å²) in [6.07, 6.45) is -2.28. The number of halogens is 7. The number of benzene rings is 1. The fraction of sp³-hybridized carbons (Fsp3) is 0.611. The van der Waals surface area contributed by atoms with Crippen molar-refractivity contribution in [3.63, 3.8) is 0 Å². The second kappa shape index (κ2) is 12.6. The lowest BCUT2D eigenvalue weighted by molar-refractivity contribution is -0.146. The van der Waals surface area contributed by atoms with Gasteiger partial charge in [-0.15, -0.1) is 0 Å². The van der Waals surface area contributed by atoms with E-state index < -0.39 is 64.8 Å². The third-order valence-corrected chi connectivity index (χ3v) is 11.5. The molecule has 4 saturated carbocycles. The number of carboxylic acids is 1. The summed E-state index contributed by atoms with van der Waals surface area (Å²) < 4.78 is 107. The van der Waals surface area contributed by atoms with Gasteiger partial charge in [0.15, 0.2) is 11.5 Å². The van der Waals surface area contributed by atoms with E-state index in [9.17, 15) is 45.4 Å². The highest BCUT2D eigenvalue weighted by Gasteiger charge is 2.56. The minimum Gasteiger partial charge on any atom is -0.490 e. The SMILES string of the molecule is CC1CC2CC(C1)C(NC(=O)c1cnc(-c3cn(C4CCC(F)(F)CC4)c4cc(OC5CCC(F)(F)CC5)ccc34)nc1C(F)(F)F)(C(=O)O)C2. The maximum absolute atomic E-state index is 14.6. The summed E-state index contributed by atoms with van der Waals surface area (Å²) in [6.45, 7) is 1.99. The monoisotopic (exact) mass is 724 g/mol. The summed E-state index contributed by atoms with van der Waals surface area (Å²) in [5.74, 6) is -8.33. The molecule has 4 atom stereocenters. The van der Waals surface area contributed by atoms with Gasteiger partial charge in [-0.25, -0.2) is 32.3 Å². The number of rotatable bonds is 7. The molecule has 1 amide bonds. The number of carbonyl (C=O) groups excluding carboxylic acids is 1. The second-order valence-corrected chi connectivity index (χ2v) is 15.2. The van der Waals surface area contributed by atoms with E-state index in [1.54, 1.807) is 22.8 Å². The Bertz CT molecular complexity index is 1830. The Morgan fingerprint density at radius 2 is 1.65 bits per heavy atom. The quantitative estimate of drug-likeness (QED) is 0.236. The molecule has 7 rings (SSSR count). The summed E-state index contributed by atoms with van der Waals surface area (Å²) in [6, 6.07) is 4.33. The smallest absolute Gasteiger partial charge is 0.434 e. The van der Waals surface area contributed by atoms with Crippen LogP contribution in [0.4, 0.5) is 30.7 Å². The van der Waals surface area contributed by atoms with Crippen molar-refractivity contribution in [3.05, 3.63) is 41.9 Å². The summed E-state index contributed by atoms with van der Waals surface area (Å²) in [7, 11) is 0. The number of fused-ring (bicyclic) bond motifs is 3. The normalized spacial score (nSPS) is 28.1. The first-order valence-corrected chi connectivity index (χ1v) is 17.5. The Morgan fingerprint density at radius 3 is 2.29 bits per heavy atom. The molecule has 4 aliphatic rings. The zero-order chi connectivity index (χ0) is 36.5. The van der Waals surface area contributed by atoms with Crippen molar-refractivity contribution in [2.24, 2.45) is 17.8 Å². The van der Waals surface area contributed by atoms with E-state index in [2.05, 4.69) is 15.3 Å². The van der Waals surface area contributed by atoms with Crippen LogP contribution in [0.1, 0.15) is 106 Å². The molecule has 4 aliphatic carbocycles. The Hall–Kier alpha value is -3.91. The van der Waals surface area contributed by atoms with E-state index in [1.165, 1.54) is 6.20 Å². The number of nitrogens with zero attached hydrogens (tertiary/aromatic N) is 3. The first kappa shape index (κ1) is 35.5.